The van der Waals surface area contributed by atoms with Crippen LogP contribution in [-0.4, -0.2) is 23.9 Å². The van der Waals surface area contributed by atoms with Gasteiger partial charge < -0.3 is 4.90 Å². The Labute approximate surface area is 111 Å². The fourth-order valence-corrected chi connectivity index (χ4v) is 1.93. The van der Waals surface area contributed by atoms with Crippen molar-refractivity contribution in [3.63, 3.8) is 0 Å². The van der Waals surface area contributed by atoms with Gasteiger partial charge in [0.15, 0.2) is 0 Å². The second-order valence-electron chi connectivity index (χ2n) is 4.33. The largest absolute Gasteiger partial charge is 0.325 e. The summed E-state index contributed by atoms with van der Waals surface area (Å²) in [6.45, 7) is 3.64. The van der Waals surface area contributed by atoms with Gasteiger partial charge in [-0.05, 0) is 18.1 Å². The van der Waals surface area contributed by atoms with Crippen molar-refractivity contribution in [3.05, 3.63) is 34.6 Å². The number of benzene rings is 1. The maximum atomic E-state index is 13.6. The van der Waals surface area contributed by atoms with E-state index in [0.717, 1.165) is 0 Å². The number of rotatable bonds is 3. The number of carbonyl (C=O) groups is 1. The van der Waals surface area contributed by atoms with Crippen molar-refractivity contribution >= 4 is 17.5 Å². The molecule has 1 aromatic carbocycles. The molecule has 1 atom stereocenters. The molecule has 0 aliphatic carbocycles. The first-order valence-electron chi connectivity index (χ1n) is 5.51. The van der Waals surface area contributed by atoms with Gasteiger partial charge in [0, 0.05) is 7.05 Å². The van der Waals surface area contributed by atoms with Gasteiger partial charge in [0.1, 0.15) is 11.9 Å². The predicted octanol–water partition coefficient (Wildman–Crippen LogP) is 3.10. The normalized spacial score (nSPS) is 12.1. The van der Waals surface area contributed by atoms with Gasteiger partial charge in [-0.2, -0.15) is 5.26 Å². The Bertz CT molecular complexity index is 476. The van der Waals surface area contributed by atoms with E-state index in [0.29, 0.717) is 0 Å². The zero-order valence-corrected chi connectivity index (χ0v) is 11.2. The fourth-order valence-electron chi connectivity index (χ4n) is 1.69. The smallest absolute Gasteiger partial charge is 0.259 e. The van der Waals surface area contributed by atoms with Crippen molar-refractivity contribution in [3.8, 4) is 6.07 Å². The Balaban J connectivity index is 3.12. The zero-order chi connectivity index (χ0) is 13.9. The highest BCUT2D eigenvalue weighted by molar-refractivity contribution is 6.33. The molecular formula is C13H14ClFN2O. The minimum Gasteiger partial charge on any atom is -0.325 e. The second kappa shape index (κ2) is 5.83. The molecule has 0 aliphatic heterocycles. The summed E-state index contributed by atoms with van der Waals surface area (Å²) in [6.07, 6.45) is 0. The highest BCUT2D eigenvalue weighted by Gasteiger charge is 2.26. The van der Waals surface area contributed by atoms with Gasteiger partial charge in [-0.25, -0.2) is 4.39 Å². The summed E-state index contributed by atoms with van der Waals surface area (Å²) >= 11 is 5.83. The Morgan fingerprint density at radius 2 is 2.11 bits per heavy atom. The molecule has 0 aliphatic rings. The second-order valence-corrected chi connectivity index (χ2v) is 4.74. The first-order valence-corrected chi connectivity index (χ1v) is 5.88. The van der Waals surface area contributed by atoms with Crippen LogP contribution in [0, 0.1) is 23.1 Å². The van der Waals surface area contributed by atoms with Crippen LogP contribution in [0.1, 0.15) is 24.2 Å². The van der Waals surface area contributed by atoms with E-state index in [9.17, 15) is 9.18 Å². The SMILES string of the molecule is CC(C)C(C#N)N(C)C(=O)c1c(F)cccc1Cl. The topological polar surface area (TPSA) is 44.1 Å². The van der Waals surface area contributed by atoms with E-state index in [4.69, 9.17) is 16.9 Å². The molecule has 0 radical (unpaired) electrons. The lowest BCUT2D eigenvalue weighted by atomic mass is 10.0. The van der Waals surface area contributed by atoms with Gasteiger partial charge in [-0.1, -0.05) is 31.5 Å². The number of amides is 1. The summed E-state index contributed by atoms with van der Waals surface area (Å²) in [5, 5.41) is 9.08. The third-order valence-corrected chi connectivity index (χ3v) is 2.99. The lowest BCUT2D eigenvalue weighted by Gasteiger charge is -2.26. The van der Waals surface area contributed by atoms with Crippen LogP contribution in [0.15, 0.2) is 18.2 Å². The van der Waals surface area contributed by atoms with Crippen LogP contribution in [0.5, 0.6) is 0 Å². The first kappa shape index (κ1) is 14.5. The average molecular weight is 269 g/mol. The number of nitrogens with zero attached hydrogens (tertiary/aromatic N) is 2. The minimum atomic E-state index is -0.681. The first-order chi connectivity index (χ1) is 8.40. The molecule has 0 heterocycles. The summed E-state index contributed by atoms with van der Waals surface area (Å²) in [7, 11) is 1.47. The molecule has 1 amide bonds. The van der Waals surface area contributed by atoms with E-state index in [1.165, 1.54) is 30.1 Å². The average Bonchev–Trinajstić information content (AvgIpc) is 2.28. The zero-order valence-electron chi connectivity index (χ0n) is 10.4. The molecule has 0 fully saturated rings. The molecule has 1 rings (SSSR count). The van der Waals surface area contributed by atoms with Crippen LogP contribution >= 0.6 is 11.6 Å². The van der Waals surface area contributed by atoms with Crippen LogP contribution in [0.25, 0.3) is 0 Å². The van der Waals surface area contributed by atoms with E-state index in [-0.39, 0.29) is 16.5 Å². The maximum absolute atomic E-state index is 13.6. The standard InChI is InChI=1S/C13H14ClFN2O/c1-8(2)11(7-16)17(3)13(18)12-9(14)5-4-6-10(12)15/h4-6,8,11H,1-3H3. The third kappa shape index (κ3) is 2.80. The van der Waals surface area contributed by atoms with E-state index in [1.54, 1.807) is 0 Å². The van der Waals surface area contributed by atoms with Crippen molar-refractivity contribution in [1.82, 2.24) is 4.90 Å². The molecule has 96 valence electrons. The summed E-state index contributed by atoms with van der Waals surface area (Å²) in [6, 6.07) is 5.46. The van der Waals surface area contributed by atoms with Crippen molar-refractivity contribution in [2.24, 2.45) is 5.92 Å². The molecule has 5 heteroatoms. The minimum absolute atomic E-state index is 0.0468. The van der Waals surface area contributed by atoms with Crippen molar-refractivity contribution in [1.29, 1.82) is 5.26 Å². The van der Waals surface area contributed by atoms with Gasteiger partial charge in [0.05, 0.1) is 16.7 Å². The Hall–Kier alpha value is -1.60. The quantitative estimate of drug-likeness (QED) is 0.845. The molecule has 0 saturated heterocycles. The van der Waals surface area contributed by atoms with E-state index in [1.807, 2.05) is 19.9 Å². The predicted molar refractivity (Wildman–Crippen MR) is 67.7 cm³/mol. The van der Waals surface area contributed by atoms with Gasteiger partial charge in [0.25, 0.3) is 5.91 Å². The molecule has 3 nitrogen and oxygen atoms in total. The van der Waals surface area contributed by atoms with Gasteiger partial charge in [-0.15, -0.1) is 0 Å². The van der Waals surface area contributed by atoms with E-state index in [2.05, 4.69) is 0 Å². The number of nitriles is 1. The van der Waals surface area contributed by atoms with Crippen molar-refractivity contribution in [2.75, 3.05) is 7.05 Å². The molecular weight excluding hydrogens is 255 g/mol. The lowest BCUT2D eigenvalue weighted by molar-refractivity contribution is 0.0731. The summed E-state index contributed by atoms with van der Waals surface area (Å²) in [4.78, 5) is 13.4. The van der Waals surface area contributed by atoms with Crippen molar-refractivity contribution < 1.29 is 9.18 Å². The Morgan fingerprint density at radius 3 is 2.56 bits per heavy atom. The number of halogens is 2. The van der Waals surface area contributed by atoms with Gasteiger partial charge in [0.2, 0.25) is 0 Å². The van der Waals surface area contributed by atoms with Crippen LogP contribution in [0.4, 0.5) is 4.39 Å². The fraction of sp³-hybridized carbons (Fsp3) is 0.385. The molecule has 0 bridgehead atoms. The molecule has 1 unspecified atom stereocenters. The van der Waals surface area contributed by atoms with Crippen LogP contribution in [0.3, 0.4) is 0 Å². The highest BCUT2D eigenvalue weighted by atomic mass is 35.5. The molecule has 18 heavy (non-hydrogen) atoms. The summed E-state index contributed by atoms with van der Waals surface area (Å²) in [5.74, 6) is -1.31. The van der Waals surface area contributed by atoms with Crippen molar-refractivity contribution in [2.45, 2.75) is 19.9 Å². The maximum Gasteiger partial charge on any atom is 0.259 e. The summed E-state index contributed by atoms with van der Waals surface area (Å²) < 4.78 is 13.6. The van der Waals surface area contributed by atoms with Crippen LogP contribution in [0.2, 0.25) is 5.02 Å². The molecule has 0 spiro atoms. The van der Waals surface area contributed by atoms with Gasteiger partial charge in [-0.3, -0.25) is 4.79 Å². The third-order valence-electron chi connectivity index (χ3n) is 2.68. The van der Waals surface area contributed by atoms with E-state index < -0.39 is 17.8 Å². The highest BCUT2D eigenvalue weighted by Crippen LogP contribution is 2.22. The molecule has 0 N–H and O–H groups in total. The number of hydrogen-bond donors (Lipinski definition) is 0. The van der Waals surface area contributed by atoms with Crippen LogP contribution < -0.4 is 0 Å². The Morgan fingerprint density at radius 1 is 1.50 bits per heavy atom. The Kier molecular flexibility index (Phi) is 4.69. The molecule has 0 aromatic heterocycles. The monoisotopic (exact) mass is 268 g/mol. The molecule has 0 saturated carbocycles. The lowest BCUT2D eigenvalue weighted by Crippen LogP contribution is -2.39. The summed E-state index contributed by atoms with van der Waals surface area (Å²) in [5.41, 5.74) is -0.192. The molecule has 1 aromatic rings. The number of carbonyl (C=O) groups excluding carboxylic acids is 1. The van der Waals surface area contributed by atoms with Gasteiger partial charge >= 0.3 is 0 Å². The number of hydrogen-bond acceptors (Lipinski definition) is 2. The van der Waals surface area contributed by atoms with Crippen LogP contribution in [-0.2, 0) is 0 Å². The van der Waals surface area contributed by atoms with E-state index >= 15 is 0 Å².